The van der Waals surface area contributed by atoms with E-state index in [0.717, 1.165) is 0 Å². The number of halogens is 1. The van der Waals surface area contributed by atoms with E-state index in [1.54, 1.807) is 6.07 Å². The first kappa shape index (κ1) is 13.2. The van der Waals surface area contributed by atoms with Crippen molar-refractivity contribution in [3.05, 3.63) is 42.1 Å². The predicted octanol–water partition coefficient (Wildman–Crippen LogP) is 2.00. The van der Waals surface area contributed by atoms with E-state index in [1.807, 2.05) is 0 Å². The van der Waals surface area contributed by atoms with Crippen LogP contribution in [0, 0.1) is 5.82 Å². The number of hydrogen-bond donors (Lipinski definition) is 2. The maximum absolute atomic E-state index is 13.5. The second-order valence-corrected chi connectivity index (χ2v) is 4.07. The topological polar surface area (TPSA) is 73.1 Å². The summed E-state index contributed by atoms with van der Waals surface area (Å²) in [6, 6.07) is 4.50. The number of rotatable bonds is 4. The van der Waals surface area contributed by atoms with Gasteiger partial charge in [0.2, 0.25) is 0 Å². The van der Waals surface area contributed by atoms with Gasteiger partial charge >= 0.3 is 0 Å². The number of thiocarbonyl (C=S) groups is 1. The van der Waals surface area contributed by atoms with Gasteiger partial charge in [-0.1, -0.05) is 12.2 Å². The summed E-state index contributed by atoms with van der Waals surface area (Å²) >= 11 is 4.77. The van der Waals surface area contributed by atoms with E-state index in [1.165, 1.54) is 31.6 Å². The minimum absolute atomic E-state index is 0.176. The average Bonchev–Trinajstić information content (AvgIpc) is 2.39. The Kier molecular flexibility index (Phi) is 3.86. The van der Waals surface area contributed by atoms with E-state index < -0.39 is 5.82 Å². The Bertz CT molecular complexity index is 603. The van der Waals surface area contributed by atoms with Gasteiger partial charge in [0.25, 0.3) is 0 Å². The molecule has 0 bridgehead atoms. The number of hydrogen-bond acceptors (Lipinski definition) is 5. The molecule has 1 aromatic carbocycles. The van der Waals surface area contributed by atoms with Crippen LogP contribution in [0.2, 0.25) is 0 Å². The van der Waals surface area contributed by atoms with Crippen molar-refractivity contribution in [2.75, 3.05) is 12.4 Å². The number of benzene rings is 1. The first-order chi connectivity index (χ1) is 9.10. The van der Waals surface area contributed by atoms with Gasteiger partial charge in [-0.2, -0.15) is 0 Å². The summed E-state index contributed by atoms with van der Waals surface area (Å²) in [5.74, 6) is 0.185. The highest BCUT2D eigenvalue weighted by Crippen LogP contribution is 2.22. The highest BCUT2D eigenvalue weighted by Gasteiger charge is 2.05. The first-order valence-electron chi connectivity index (χ1n) is 5.32. The van der Waals surface area contributed by atoms with Crippen molar-refractivity contribution in [1.29, 1.82) is 0 Å². The Morgan fingerprint density at radius 3 is 2.68 bits per heavy atom. The quantitative estimate of drug-likeness (QED) is 0.833. The van der Waals surface area contributed by atoms with Gasteiger partial charge in [0.15, 0.2) is 11.6 Å². The zero-order valence-corrected chi connectivity index (χ0v) is 10.9. The largest absolute Gasteiger partial charge is 0.494 e. The molecule has 2 rings (SSSR count). The molecule has 0 aliphatic rings. The van der Waals surface area contributed by atoms with Crippen LogP contribution in [0.1, 0.15) is 5.69 Å². The fourth-order valence-corrected chi connectivity index (χ4v) is 1.52. The zero-order valence-electron chi connectivity index (χ0n) is 10.1. The van der Waals surface area contributed by atoms with Gasteiger partial charge in [-0.05, 0) is 12.1 Å². The molecular weight excluding hydrogens is 267 g/mol. The normalized spacial score (nSPS) is 10.0. The number of nitrogens with zero attached hydrogens (tertiary/aromatic N) is 2. The summed E-state index contributed by atoms with van der Waals surface area (Å²) in [5.41, 5.74) is 6.38. The summed E-state index contributed by atoms with van der Waals surface area (Å²) in [6.07, 6.45) is 2.92. The molecule has 0 unspecified atom stereocenters. The second-order valence-electron chi connectivity index (χ2n) is 3.63. The lowest BCUT2D eigenvalue weighted by Crippen LogP contribution is -2.12. The van der Waals surface area contributed by atoms with Gasteiger partial charge in [0.05, 0.1) is 19.5 Å². The van der Waals surface area contributed by atoms with Crippen molar-refractivity contribution in [3.63, 3.8) is 0 Å². The Morgan fingerprint density at radius 1 is 1.37 bits per heavy atom. The number of anilines is 2. The Hall–Kier alpha value is -2.28. The molecule has 0 aliphatic heterocycles. The van der Waals surface area contributed by atoms with Gasteiger partial charge in [-0.3, -0.25) is 0 Å². The SMILES string of the molecule is COc1ccc(Nc2cnc(C(N)=S)cn2)cc1F. The van der Waals surface area contributed by atoms with E-state index >= 15 is 0 Å². The summed E-state index contributed by atoms with van der Waals surface area (Å²) in [7, 11) is 1.41. The molecule has 19 heavy (non-hydrogen) atoms. The van der Waals surface area contributed by atoms with E-state index in [4.69, 9.17) is 22.7 Å². The van der Waals surface area contributed by atoms with Gasteiger partial charge < -0.3 is 15.8 Å². The van der Waals surface area contributed by atoms with Gasteiger partial charge in [0, 0.05) is 11.8 Å². The molecule has 0 aliphatic carbocycles. The first-order valence-corrected chi connectivity index (χ1v) is 5.73. The van der Waals surface area contributed by atoms with Gasteiger partial charge in [-0.25, -0.2) is 14.4 Å². The molecule has 7 heteroatoms. The summed E-state index contributed by atoms with van der Waals surface area (Å²) in [4.78, 5) is 8.27. The number of nitrogens with two attached hydrogens (primary N) is 1. The number of aromatic nitrogens is 2. The molecule has 1 heterocycles. The predicted molar refractivity (Wildman–Crippen MR) is 74.2 cm³/mol. The molecule has 0 atom stereocenters. The monoisotopic (exact) mass is 278 g/mol. The average molecular weight is 278 g/mol. The molecule has 0 spiro atoms. The third-order valence-corrected chi connectivity index (χ3v) is 2.54. The zero-order chi connectivity index (χ0) is 13.8. The van der Waals surface area contributed by atoms with Crippen LogP contribution in [-0.4, -0.2) is 22.1 Å². The second kappa shape index (κ2) is 5.57. The van der Waals surface area contributed by atoms with Crippen LogP contribution in [0.3, 0.4) is 0 Å². The van der Waals surface area contributed by atoms with Crippen LogP contribution in [0.4, 0.5) is 15.9 Å². The molecule has 3 N–H and O–H groups in total. The van der Waals surface area contributed by atoms with Crippen molar-refractivity contribution in [2.45, 2.75) is 0 Å². The van der Waals surface area contributed by atoms with Crippen molar-refractivity contribution >= 4 is 28.7 Å². The lowest BCUT2D eigenvalue weighted by atomic mass is 10.3. The van der Waals surface area contributed by atoms with Crippen LogP contribution in [-0.2, 0) is 0 Å². The van der Waals surface area contributed by atoms with Crippen molar-refractivity contribution < 1.29 is 9.13 Å². The number of nitrogens with one attached hydrogen (secondary N) is 1. The van der Waals surface area contributed by atoms with Crippen LogP contribution in [0.15, 0.2) is 30.6 Å². The van der Waals surface area contributed by atoms with Crippen LogP contribution in [0.25, 0.3) is 0 Å². The van der Waals surface area contributed by atoms with Crippen LogP contribution < -0.4 is 15.8 Å². The minimum atomic E-state index is -0.458. The van der Waals surface area contributed by atoms with Crippen LogP contribution in [0.5, 0.6) is 5.75 Å². The Labute approximate surface area is 114 Å². The fourth-order valence-electron chi connectivity index (χ4n) is 1.41. The summed E-state index contributed by atoms with van der Waals surface area (Å²) in [5, 5.41) is 2.91. The molecule has 0 saturated carbocycles. The molecule has 0 radical (unpaired) electrons. The highest BCUT2D eigenvalue weighted by atomic mass is 32.1. The van der Waals surface area contributed by atoms with Crippen molar-refractivity contribution in [3.8, 4) is 5.75 Å². The molecule has 98 valence electrons. The molecule has 5 nitrogen and oxygen atoms in total. The molecule has 0 saturated heterocycles. The van der Waals surface area contributed by atoms with Crippen LogP contribution >= 0.6 is 12.2 Å². The van der Waals surface area contributed by atoms with Crippen molar-refractivity contribution in [1.82, 2.24) is 9.97 Å². The molecule has 0 amide bonds. The van der Waals surface area contributed by atoms with Gasteiger partial charge in [-0.15, -0.1) is 0 Å². The third kappa shape index (κ3) is 3.14. The Balaban J connectivity index is 2.16. The standard InChI is InChI=1S/C12H11FN4OS/c1-18-10-3-2-7(4-8(10)13)17-11-6-15-9(5-16-11)12(14)19/h2-6H,1H3,(H2,14,19)(H,16,17). The Morgan fingerprint density at radius 2 is 2.16 bits per heavy atom. The fraction of sp³-hybridized carbons (Fsp3) is 0.0833. The molecule has 0 fully saturated rings. The van der Waals surface area contributed by atoms with E-state index in [0.29, 0.717) is 17.2 Å². The third-order valence-electron chi connectivity index (χ3n) is 2.33. The lowest BCUT2D eigenvalue weighted by molar-refractivity contribution is 0.386. The van der Waals surface area contributed by atoms with Gasteiger partial charge in [0.1, 0.15) is 16.5 Å². The van der Waals surface area contributed by atoms with Crippen molar-refractivity contribution in [2.24, 2.45) is 5.73 Å². The number of ether oxygens (including phenoxy) is 1. The minimum Gasteiger partial charge on any atom is -0.494 e. The maximum atomic E-state index is 13.5. The van der Waals surface area contributed by atoms with E-state index in [2.05, 4.69) is 15.3 Å². The number of methoxy groups -OCH3 is 1. The highest BCUT2D eigenvalue weighted by molar-refractivity contribution is 7.80. The summed E-state index contributed by atoms with van der Waals surface area (Å²) < 4.78 is 18.3. The maximum Gasteiger partial charge on any atom is 0.167 e. The molecule has 2 aromatic rings. The summed E-state index contributed by atoms with van der Waals surface area (Å²) in [6.45, 7) is 0. The smallest absolute Gasteiger partial charge is 0.167 e. The molecular formula is C12H11FN4OS. The van der Waals surface area contributed by atoms with E-state index in [-0.39, 0.29) is 10.7 Å². The molecule has 1 aromatic heterocycles. The van der Waals surface area contributed by atoms with E-state index in [9.17, 15) is 4.39 Å². The lowest BCUT2D eigenvalue weighted by Gasteiger charge is -2.07.